The Morgan fingerprint density at radius 3 is 2.94 bits per heavy atom. The molecule has 2 aromatic rings. The molecule has 90 valence electrons. The lowest BCUT2D eigenvalue weighted by atomic mass is 10.3. The van der Waals surface area contributed by atoms with Crippen LogP contribution in [0.5, 0.6) is 5.75 Å². The molecule has 0 aliphatic rings. The van der Waals surface area contributed by atoms with Gasteiger partial charge in [-0.3, -0.25) is 0 Å². The van der Waals surface area contributed by atoms with E-state index in [4.69, 9.17) is 9.15 Å². The standard InChI is InChI=1S/C13H13BrO2S/c1-10-13(5-6-15-10)17-8-7-16-12-4-2-3-11(14)9-12/h2-6,9H,7-8H2,1H3. The Morgan fingerprint density at radius 1 is 1.35 bits per heavy atom. The van der Waals surface area contributed by atoms with Crippen molar-refractivity contribution in [2.24, 2.45) is 0 Å². The topological polar surface area (TPSA) is 22.4 Å². The first-order chi connectivity index (χ1) is 8.25. The average Bonchev–Trinajstić information content (AvgIpc) is 2.71. The first-order valence-corrected chi connectivity index (χ1v) is 7.09. The second-order valence-electron chi connectivity index (χ2n) is 3.50. The van der Waals surface area contributed by atoms with Crippen LogP contribution in [0.2, 0.25) is 0 Å². The molecule has 0 unspecified atom stereocenters. The molecule has 0 fully saturated rings. The number of hydrogen-bond acceptors (Lipinski definition) is 3. The predicted molar refractivity (Wildman–Crippen MR) is 73.8 cm³/mol. The number of benzene rings is 1. The minimum Gasteiger partial charge on any atom is -0.493 e. The van der Waals surface area contributed by atoms with Gasteiger partial charge in [0.1, 0.15) is 11.5 Å². The second kappa shape index (κ2) is 6.17. The maximum Gasteiger partial charge on any atom is 0.120 e. The molecule has 0 radical (unpaired) electrons. The van der Waals surface area contributed by atoms with Gasteiger partial charge in [0.05, 0.1) is 12.9 Å². The van der Waals surface area contributed by atoms with Gasteiger partial charge in [-0.2, -0.15) is 0 Å². The maximum absolute atomic E-state index is 5.64. The summed E-state index contributed by atoms with van der Waals surface area (Å²) in [4.78, 5) is 1.18. The van der Waals surface area contributed by atoms with Gasteiger partial charge in [0, 0.05) is 15.1 Å². The smallest absolute Gasteiger partial charge is 0.120 e. The average molecular weight is 313 g/mol. The summed E-state index contributed by atoms with van der Waals surface area (Å²) in [5, 5.41) is 0. The molecule has 4 heteroatoms. The molecule has 0 spiro atoms. The van der Waals surface area contributed by atoms with Gasteiger partial charge in [-0.25, -0.2) is 0 Å². The van der Waals surface area contributed by atoms with E-state index in [1.54, 1.807) is 18.0 Å². The summed E-state index contributed by atoms with van der Waals surface area (Å²) in [6.45, 7) is 2.66. The third kappa shape index (κ3) is 3.82. The number of rotatable bonds is 5. The van der Waals surface area contributed by atoms with Crippen molar-refractivity contribution >= 4 is 27.7 Å². The Bertz CT molecular complexity index is 482. The largest absolute Gasteiger partial charge is 0.493 e. The summed E-state index contributed by atoms with van der Waals surface area (Å²) in [5.41, 5.74) is 0. The van der Waals surface area contributed by atoms with Crippen LogP contribution in [0.4, 0.5) is 0 Å². The molecule has 0 N–H and O–H groups in total. The lowest BCUT2D eigenvalue weighted by Gasteiger charge is -2.05. The normalized spacial score (nSPS) is 10.5. The predicted octanol–water partition coefficient (Wildman–Crippen LogP) is 4.52. The van der Waals surface area contributed by atoms with Crippen molar-refractivity contribution in [3.63, 3.8) is 0 Å². The highest BCUT2D eigenvalue weighted by atomic mass is 79.9. The van der Waals surface area contributed by atoms with Gasteiger partial charge in [0.25, 0.3) is 0 Å². The van der Waals surface area contributed by atoms with Crippen LogP contribution in [-0.2, 0) is 0 Å². The number of aryl methyl sites for hydroxylation is 1. The quantitative estimate of drug-likeness (QED) is 0.598. The summed E-state index contributed by atoms with van der Waals surface area (Å²) >= 11 is 5.16. The third-order valence-electron chi connectivity index (χ3n) is 2.22. The zero-order chi connectivity index (χ0) is 12.1. The Kier molecular flexibility index (Phi) is 4.57. The SMILES string of the molecule is Cc1occc1SCCOc1cccc(Br)c1. The Balaban J connectivity index is 1.75. The van der Waals surface area contributed by atoms with Gasteiger partial charge in [0.15, 0.2) is 0 Å². The van der Waals surface area contributed by atoms with Crippen LogP contribution in [0.15, 0.2) is 50.4 Å². The Labute approximate surface area is 113 Å². The van der Waals surface area contributed by atoms with Gasteiger partial charge in [-0.05, 0) is 31.2 Å². The van der Waals surface area contributed by atoms with E-state index >= 15 is 0 Å². The van der Waals surface area contributed by atoms with E-state index in [1.165, 1.54) is 4.90 Å². The molecule has 0 bridgehead atoms. The summed E-state index contributed by atoms with van der Waals surface area (Å²) in [6.07, 6.45) is 1.72. The van der Waals surface area contributed by atoms with Gasteiger partial charge in [0.2, 0.25) is 0 Å². The van der Waals surface area contributed by atoms with Gasteiger partial charge >= 0.3 is 0 Å². The number of thioether (sulfide) groups is 1. The highest BCUT2D eigenvalue weighted by Crippen LogP contribution is 2.23. The minimum absolute atomic E-state index is 0.686. The maximum atomic E-state index is 5.64. The molecule has 0 aliphatic carbocycles. The molecule has 0 atom stereocenters. The molecule has 0 amide bonds. The van der Waals surface area contributed by atoms with E-state index in [0.717, 1.165) is 21.7 Å². The summed E-state index contributed by atoms with van der Waals surface area (Å²) in [5.74, 6) is 2.77. The molecule has 1 aromatic heterocycles. The fraction of sp³-hybridized carbons (Fsp3) is 0.231. The zero-order valence-electron chi connectivity index (χ0n) is 9.48. The first kappa shape index (κ1) is 12.6. The van der Waals surface area contributed by atoms with Crippen LogP contribution < -0.4 is 4.74 Å². The van der Waals surface area contributed by atoms with Gasteiger partial charge in [-0.15, -0.1) is 11.8 Å². The molecule has 17 heavy (non-hydrogen) atoms. The lowest BCUT2D eigenvalue weighted by Crippen LogP contribution is -1.99. The summed E-state index contributed by atoms with van der Waals surface area (Å²) < 4.78 is 11.9. The van der Waals surface area contributed by atoms with Crippen molar-refractivity contribution in [1.29, 1.82) is 0 Å². The first-order valence-electron chi connectivity index (χ1n) is 5.31. The van der Waals surface area contributed by atoms with Crippen molar-refractivity contribution in [2.45, 2.75) is 11.8 Å². The molecule has 2 nitrogen and oxygen atoms in total. The molecule has 0 saturated carbocycles. The third-order valence-corrected chi connectivity index (χ3v) is 3.82. The Hall–Kier alpha value is -0.870. The van der Waals surface area contributed by atoms with E-state index in [0.29, 0.717) is 6.61 Å². The number of furan rings is 1. The highest BCUT2D eigenvalue weighted by molar-refractivity contribution is 9.10. The van der Waals surface area contributed by atoms with E-state index < -0.39 is 0 Å². The minimum atomic E-state index is 0.686. The van der Waals surface area contributed by atoms with Crippen LogP contribution in [0.3, 0.4) is 0 Å². The van der Waals surface area contributed by atoms with Crippen LogP contribution in [0.25, 0.3) is 0 Å². The number of halogens is 1. The van der Waals surface area contributed by atoms with E-state index in [1.807, 2.05) is 37.3 Å². The van der Waals surface area contributed by atoms with Crippen molar-refractivity contribution in [3.05, 3.63) is 46.8 Å². The zero-order valence-corrected chi connectivity index (χ0v) is 11.9. The van der Waals surface area contributed by atoms with Crippen LogP contribution in [-0.4, -0.2) is 12.4 Å². The van der Waals surface area contributed by atoms with Crippen LogP contribution in [0, 0.1) is 6.92 Å². The number of ether oxygens (including phenoxy) is 1. The molecule has 2 rings (SSSR count). The van der Waals surface area contributed by atoms with Crippen molar-refractivity contribution in [1.82, 2.24) is 0 Å². The second-order valence-corrected chi connectivity index (χ2v) is 5.55. The van der Waals surface area contributed by atoms with Crippen LogP contribution >= 0.6 is 27.7 Å². The van der Waals surface area contributed by atoms with E-state index in [2.05, 4.69) is 15.9 Å². The van der Waals surface area contributed by atoms with Crippen molar-refractivity contribution in [3.8, 4) is 5.75 Å². The molecule has 0 aliphatic heterocycles. The molecular formula is C13H13BrO2S. The summed E-state index contributed by atoms with van der Waals surface area (Å²) in [7, 11) is 0. The fourth-order valence-electron chi connectivity index (χ4n) is 1.39. The van der Waals surface area contributed by atoms with Crippen molar-refractivity contribution in [2.75, 3.05) is 12.4 Å². The van der Waals surface area contributed by atoms with Gasteiger partial charge < -0.3 is 9.15 Å². The molecular weight excluding hydrogens is 300 g/mol. The monoisotopic (exact) mass is 312 g/mol. The van der Waals surface area contributed by atoms with E-state index in [-0.39, 0.29) is 0 Å². The summed E-state index contributed by atoms with van der Waals surface area (Å²) in [6, 6.07) is 9.86. The van der Waals surface area contributed by atoms with Crippen LogP contribution in [0.1, 0.15) is 5.76 Å². The highest BCUT2D eigenvalue weighted by Gasteiger charge is 2.01. The lowest BCUT2D eigenvalue weighted by molar-refractivity contribution is 0.343. The molecule has 1 aromatic carbocycles. The van der Waals surface area contributed by atoms with Gasteiger partial charge in [-0.1, -0.05) is 22.0 Å². The van der Waals surface area contributed by atoms with Crippen molar-refractivity contribution < 1.29 is 9.15 Å². The fourth-order valence-corrected chi connectivity index (χ4v) is 2.56. The Morgan fingerprint density at radius 2 is 2.24 bits per heavy atom. The number of hydrogen-bond donors (Lipinski definition) is 0. The molecule has 0 saturated heterocycles. The molecule has 1 heterocycles. The van der Waals surface area contributed by atoms with E-state index in [9.17, 15) is 0 Å².